The lowest BCUT2D eigenvalue weighted by Gasteiger charge is -2.29. The van der Waals surface area contributed by atoms with Crippen molar-refractivity contribution in [3.63, 3.8) is 0 Å². The molecule has 1 saturated heterocycles. The van der Waals surface area contributed by atoms with Crippen molar-refractivity contribution < 1.29 is 0 Å². The first-order valence-electron chi connectivity index (χ1n) is 8.12. The summed E-state index contributed by atoms with van der Waals surface area (Å²) < 4.78 is 0. The van der Waals surface area contributed by atoms with E-state index in [2.05, 4.69) is 37.9 Å². The summed E-state index contributed by atoms with van der Waals surface area (Å²) in [6, 6.07) is 0.772. The Morgan fingerprint density at radius 2 is 1.89 bits per heavy atom. The molecule has 0 aromatic heterocycles. The van der Waals surface area contributed by atoms with Gasteiger partial charge in [-0.3, -0.25) is 0 Å². The van der Waals surface area contributed by atoms with Crippen LogP contribution in [0.4, 0.5) is 0 Å². The largest absolute Gasteiger partial charge is 0.317 e. The molecular weight excluding hydrogens is 220 g/mol. The van der Waals surface area contributed by atoms with Gasteiger partial charge in [-0.25, -0.2) is 0 Å². The molecule has 1 rings (SSSR count). The molecule has 0 amide bonds. The summed E-state index contributed by atoms with van der Waals surface area (Å²) in [5.74, 6) is 0. The molecule has 18 heavy (non-hydrogen) atoms. The summed E-state index contributed by atoms with van der Waals surface area (Å²) in [5, 5.41) is 3.50. The summed E-state index contributed by atoms with van der Waals surface area (Å²) in [4.78, 5) is 2.73. The second-order valence-electron chi connectivity index (χ2n) is 6.17. The van der Waals surface area contributed by atoms with Crippen molar-refractivity contribution in [3.8, 4) is 0 Å². The van der Waals surface area contributed by atoms with Gasteiger partial charge in [-0.2, -0.15) is 0 Å². The van der Waals surface area contributed by atoms with Crippen molar-refractivity contribution in [2.24, 2.45) is 5.41 Å². The van der Waals surface area contributed by atoms with Crippen LogP contribution in [0.5, 0.6) is 0 Å². The Bertz CT molecular complexity index is 211. The van der Waals surface area contributed by atoms with Crippen LogP contribution in [-0.4, -0.2) is 37.1 Å². The molecule has 0 bridgehead atoms. The smallest absolute Gasteiger partial charge is 0.00676 e. The van der Waals surface area contributed by atoms with E-state index in [1.165, 1.54) is 64.7 Å². The Kier molecular flexibility index (Phi) is 7.25. The van der Waals surface area contributed by atoms with Gasteiger partial charge in [0.05, 0.1) is 0 Å². The number of nitrogens with zero attached hydrogens (tertiary/aromatic N) is 1. The van der Waals surface area contributed by atoms with Crippen LogP contribution in [-0.2, 0) is 0 Å². The Morgan fingerprint density at radius 3 is 2.44 bits per heavy atom. The maximum Gasteiger partial charge on any atom is 0.00676 e. The zero-order chi connectivity index (χ0) is 13.4. The number of likely N-dealkylation sites (tertiary alicyclic amines) is 1. The predicted molar refractivity (Wildman–Crippen MR) is 81.1 cm³/mol. The van der Waals surface area contributed by atoms with Crippen molar-refractivity contribution in [3.05, 3.63) is 0 Å². The molecule has 1 heterocycles. The molecule has 1 N–H and O–H groups in total. The third-order valence-electron chi connectivity index (χ3n) is 4.99. The Labute approximate surface area is 115 Å². The molecule has 1 unspecified atom stereocenters. The fourth-order valence-electron chi connectivity index (χ4n) is 3.18. The first-order valence-corrected chi connectivity index (χ1v) is 8.12. The number of hydrogen-bond donors (Lipinski definition) is 1. The van der Waals surface area contributed by atoms with E-state index in [4.69, 9.17) is 0 Å². The molecule has 0 aromatic carbocycles. The second kappa shape index (κ2) is 8.16. The van der Waals surface area contributed by atoms with E-state index in [9.17, 15) is 0 Å². The maximum atomic E-state index is 3.50. The average molecular weight is 254 g/mol. The summed E-state index contributed by atoms with van der Waals surface area (Å²) in [7, 11) is 0. The van der Waals surface area contributed by atoms with E-state index in [1.54, 1.807) is 0 Å². The molecule has 0 aliphatic carbocycles. The van der Waals surface area contributed by atoms with Crippen LogP contribution >= 0.6 is 0 Å². The zero-order valence-corrected chi connectivity index (χ0v) is 13.1. The lowest BCUT2D eigenvalue weighted by molar-refractivity contribution is 0.194. The van der Waals surface area contributed by atoms with Crippen LogP contribution in [0.1, 0.15) is 66.2 Å². The maximum absolute atomic E-state index is 3.50. The van der Waals surface area contributed by atoms with Crippen LogP contribution in [0.3, 0.4) is 0 Å². The minimum atomic E-state index is 0.634. The van der Waals surface area contributed by atoms with Crippen molar-refractivity contribution in [2.75, 3.05) is 26.2 Å². The Morgan fingerprint density at radius 1 is 1.17 bits per heavy atom. The highest BCUT2D eigenvalue weighted by molar-refractivity contribution is 4.89. The highest BCUT2D eigenvalue weighted by atomic mass is 15.2. The third-order valence-corrected chi connectivity index (χ3v) is 4.99. The first kappa shape index (κ1) is 16.0. The normalized spacial score (nSPS) is 21.3. The van der Waals surface area contributed by atoms with Crippen molar-refractivity contribution in [1.29, 1.82) is 0 Å². The molecule has 2 heteroatoms. The lowest BCUT2D eigenvalue weighted by Crippen LogP contribution is -2.34. The lowest BCUT2D eigenvalue weighted by atomic mass is 9.82. The van der Waals surface area contributed by atoms with Crippen LogP contribution in [0, 0.1) is 5.41 Å². The van der Waals surface area contributed by atoms with Crippen molar-refractivity contribution >= 4 is 0 Å². The molecule has 108 valence electrons. The molecule has 0 aromatic rings. The molecule has 0 saturated carbocycles. The first-order chi connectivity index (χ1) is 8.67. The van der Waals surface area contributed by atoms with Gasteiger partial charge in [0.1, 0.15) is 0 Å². The highest BCUT2D eigenvalue weighted by Crippen LogP contribution is 2.38. The molecule has 0 spiro atoms. The van der Waals surface area contributed by atoms with Gasteiger partial charge >= 0.3 is 0 Å². The summed E-state index contributed by atoms with van der Waals surface area (Å²) in [6.45, 7) is 14.4. The van der Waals surface area contributed by atoms with Crippen LogP contribution in [0.25, 0.3) is 0 Å². The second-order valence-corrected chi connectivity index (χ2v) is 6.17. The van der Waals surface area contributed by atoms with Gasteiger partial charge < -0.3 is 10.2 Å². The summed E-state index contributed by atoms with van der Waals surface area (Å²) >= 11 is 0. The molecule has 1 atom stereocenters. The minimum Gasteiger partial charge on any atom is -0.317 e. The van der Waals surface area contributed by atoms with E-state index < -0.39 is 0 Å². The van der Waals surface area contributed by atoms with E-state index >= 15 is 0 Å². The van der Waals surface area contributed by atoms with Gasteiger partial charge in [-0.05, 0) is 70.5 Å². The van der Waals surface area contributed by atoms with E-state index in [0.29, 0.717) is 5.41 Å². The predicted octanol–water partition coefficient (Wildman–Crippen LogP) is 3.67. The molecule has 0 radical (unpaired) electrons. The molecule has 1 aliphatic rings. The molecule has 1 fully saturated rings. The monoisotopic (exact) mass is 254 g/mol. The number of hydrogen-bond acceptors (Lipinski definition) is 2. The SMILES string of the molecule is CCCNCCCC(C)N1CCC(CC)(CC)C1. The van der Waals surface area contributed by atoms with Gasteiger partial charge in [-0.1, -0.05) is 20.8 Å². The number of rotatable bonds is 9. The van der Waals surface area contributed by atoms with Gasteiger partial charge in [-0.15, -0.1) is 0 Å². The quantitative estimate of drug-likeness (QED) is 0.632. The van der Waals surface area contributed by atoms with Crippen molar-refractivity contribution in [1.82, 2.24) is 10.2 Å². The fraction of sp³-hybridized carbons (Fsp3) is 1.00. The Balaban J connectivity index is 2.21. The average Bonchev–Trinajstić information content (AvgIpc) is 2.83. The third kappa shape index (κ3) is 4.55. The van der Waals surface area contributed by atoms with E-state index in [-0.39, 0.29) is 0 Å². The zero-order valence-electron chi connectivity index (χ0n) is 13.1. The molecule has 2 nitrogen and oxygen atoms in total. The Hall–Kier alpha value is -0.0800. The van der Waals surface area contributed by atoms with Gasteiger partial charge in [0.15, 0.2) is 0 Å². The minimum absolute atomic E-state index is 0.634. The standard InChI is InChI=1S/C16H34N2/c1-5-11-17-12-8-9-15(4)18-13-10-16(6-2,7-3)14-18/h15,17H,5-14H2,1-4H3. The van der Waals surface area contributed by atoms with Crippen LogP contribution in [0.2, 0.25) is 0 Å². The highest BCUT2D eigenvalue weighted by Gasteiger charge is 2.36. The molecule has 1 aliphatic heterocycles. The number of nitrogens with one attached hydrogen (secondary N) is 1. The van der Waals surface area contributed by atoms with E-state index in [0.717, 1.165) is 6.04 Å². The summed E-state index contributed by atoms with van der Waals surface area (Å²) in [6.07, 6.45) is 8.04. The van der Waals surface area contributed by atoms with Crippen LogP contribution < -0.4 is 5.32 Å². The molecular formula is C16H34N2. The van der Waals surface area contributed by atoms with Gasteiger partial charge in [0.2, 0.25) is 0 Å². The van der Waals surface area contributed by atoms with E-state index in [1.807, 2.05) is 0 Å². The fourth-order valence-corrected chi connectivity index (χ4v) is 3.18. The van der Waals surface area contributed by atoms with Crippen molar-refractivity contribution in [2.45, 2.75) is 72.3 Å². The topological polar surface area (TPSA) is 15.3 Å². The summed E-state index contributed by atoms with van der Waals surface area (Å²) in [5.41, 5.74) is 0.634. The van der Waals surface area contributed by atoms with Crippen LogP contribution in [0.15, 0.2) is 0 Å². The van der Waals surface area contributed by atoms with Gasteiger partial charge in [0.25, 0.3) is 0 Å². The van der Waals surface area contributed by atoms with Gasteiger partial charge in [0, 0.05) is 12.6 Å².